The van der Waals surface area contributed by atoms with Gasteiger partial charge in [-0.15, -0.1) is 0 Å². The maximum Gasteiger partial charge on any atom is 0.245 e. The van der Waals surface area contributed by atoms with Crippen molar-refractivity contribution in [1.29, 1.82) is 0 Å². The van der Waals surface area contributed by atoms with Gasteiger partial charge >= 0.3 is 0 Å². The molecule has 1 aliphatic rings. The third kappa shape index (κ3) is 10.0. The van der Waals surface area contributed by atoms with Crippen molar-refractivity contribution >= 4 is 40.7 Å². The summed E-state index contributed by atoms with van der Waals surface area (Å²) in [5.41, 5.74) is -2.55. The fourth-order valence-corrected chi connectivity index (χ4v) is 6.51. The van der Waals surface area contributed by atoms with Gasteiger partial charge in [-0.2, -0.15) is 0 Å². The number of hydrogen-bond donors (Lipinski definition) is 2. The van der Waals surface area contributed by atoms with E-state index in [0.717, 1.165) is 0 Å². The van der Waals surface area contributed by atoms with Crippen molar-refractivity contribution in [1.82, 2.24) is 5.32 Å². The van der Waals surface area contributed by atoms with Crippen molar-refractivity contribution in [2.24, 2.45) is 0 Å². The zero-order valence-corrected chi connectivity index (χ0v) is 13.5. The van der Waals surface area contributed by atoms with Gasteiger partial charge in [-0.25, -0.2) is 0 Å². The molecule has 0 aliphatic carbocycles. The predicted molar refractivity (Wildman–Crippen MR) is 77.8 cm³/mol. The molecule has 0 spiro atoms. The molecule has 2 N–H and O–H groups in total. The van der Waals surface area contributed by atoms with Crippen LogP contribution in [0.3, 0.4) is 0 Å². The summed E-state index contributed by atoms with van der Waals surface area (Å²) < 4.78 is 5.19. The molecule has 1 heterocycles. The summed E-state index contributed by atoms with van der Waals surface area (Å²) in [6.45, 7) is 7.73. The highest BCUT2D eigenvalue weighted by Gasteiger charge is 2.18. The molecule has 1 saturated heterocycles. The van der Waals surface area contributed by atoms with Crippen LogP contribution in [0.4, 0.5) is 0 Å². The van der Waals surface area contributed by atoms with E-state index in [1.54, 1.807) is 0 Å². The average molecular weight is 313 g/mol. The molecule has 0 saturated carbocycles. The Bertz CT molecular complexity index is 319. The fourth-order valence-electron chi connectivity index (χ4n) is 1.07. The first-order chi connectivity index (χ1) is 8.12. The second kappa shape index (κ2) is 8.27. The number of carbonyl (C=O) groups is 2. The van der Waals surface area contributed by atoms with Gasteiger partial charge in [0.1, 0.15) is 0 Å². The van der Waals surface area contributed by atoms with E-state index in [1.807, 2.05) is 27.7 Å². The summed E-state index contributed by atoms with van der Waals surface area (Å²) >= 11 is 6.25. The third-order valence-electron chi connectivity index (χ3n) is 1.55. The molecule has 5 nitrogen and oxygen atoms in total. The van der Waals surface area contributed by atoms with Gasteiger partial charge in [-0.05, 0) is 25.7 Å². The van der Waals surface area contributed by atoms with Crippen LogP contribution in [0.1, 0.15) is 40.5 Å². The van der Waals surface area contributed by atoms with Crippen molar-refractivity contribution in [2.45, 2.75) is 51.9 Å². The number of nitrogens with one attached hydrogen (secondary N) is 1. The van der Waals surface area contributed by atoms with Crippen molar-refractivity contribution in [3.63, 3.8) is 0 Å². The summed E-state index contributed by atoms with van der Waals surface area (Å²) in [4.78, 5) is 29.8. The minimum atomic E-state index is -2.55. The summed E-state index contributed by atoms with van der Waals surface area (Å²) in [5, 5.41) is 2.46. The summed E-state index contributed by atoms with van der Waals surface area (Å²) in [5.74, 6) is -0.296. The van der Waals surface area contributed by atoms with E-state index in [0.29, 0.717) is 18.1 Å². The quantitative estimate of drug-likeness (QED) is 0.612. The normalized spacial score (nSPS) is 18.4. The zero-order chi connectivity index (χ0) is 14.3. The summed E-state index contributed by atoms with van der Waals surface area (Å²) in [7, 11) is 0. The smallest absolute Gasteiger partial charge is 0.245 e. The van der Waals surface area contributed by atoms with E-state index < -0.39 is 5.69 Å². The van der Waals surface area contributed by atoms with E-state index in [9.17, 15) is 14.5 Å². The zero-order valence-electron chi connectivity index (χ0n) is 11.0. The largest absolute Gasteiger partial charge is 0.337 e. The molecule has 106 valence electrons. The van der Waals surface area contributed by atoms with Crippen LogP contribution in [-0.4, -0.2) is 28.1 Å². The highest BCUT2D eigenvalue weighted by Crippen LogP contribution is 2.58. The molecule has 18 heavy (non-hydrogen) atoms. The van der Waals surface area contributed by atoms with Crippen LogP contribution in [0.2, 0.25) is 0 Å². The molecule has 0 aromatic carbocycles. The topological polar surface area (TPSA) is 75.6 Å². The van der Waals surface area contributed by atoms with Crippen LogP contribution in [0.5, 0.6) is 0 Å². The highest BCUT2D eigenvalue weighted by atomic mass is 32.9. The molecule has 2 amide bonds. The van der Waals surface area contributed by atoms with E-state index in [1.165, 1.54) is 11.4 Å². The second-order valence-corrected chi connectivity index (χ2v) is 10.8. The molecule has 0 aromatic heterocycles. The van der Waals surface area contributed by atoms with Gasteiger partial charge in [0.05, 0.1) is 6.10 Å². The van der Waals surface area contributed by atoms with Crippen molar-refractivity contribution < 1.29 is 19.0 Å². The second-order valence-electron chi connectivity index (χ2n) is 4.25. The fraction of sp³-hybridized carbons (Fsp3) is 0.800. The molecule has 1 unspecified atom stereocenters. The number of amides is 2. The third-order valence-corrected chi connectivity index (χ3v) is 6.28. The van der Waals surface area contributed by atoms with Gasteiger partial charge in [0.15, 0.2) is 0 Å². The van der Waals surface area contributed by atoms with Crippen LogP contribution in [-0.2, 0) is 25.9 Å². The van der Waals surface area contributed by atoms with Gasteiger partial charge < -0.3 is 9.42 Å². The molecular formula is C10H20NO4PS2. The SMILES string of the molecule is CC(C)OP(O)(=S)SC(C)C.O=C1CCC(=O)N1. The van der Waals surface area contributed by atoms with Gasteiger partial charge in [0, 0.05) is 18.1 Å². The van der Waals surface area contributed by atoms with Gasteiger partial charge in [-0.3, -0.25) is 14.9 Å². The number of imide groups is 1. The van der Waals surface area contributed by atoms with Gasteiger partial charge in [-0.1, -0.05) is 25.2 Å². The van der Waals surface area contributed by atoms with E-state index in [-0.39, 0.29) is 17.9 Å². The maximum atomic E-state index is 10.1. The molecule has 1 fully saturated rings. The first-order valence-electron chi connectivity index (χ1n) is 5.64. The van der Waals surface area contributed by atoms with Crippen molar-refractivity contribution in [3.05, 3.63) is 0 Å². The molecule has 0 bridgehead atoms. The van der Waals surface area contributed by atoms with E-state index in [2.05, 4.69) is 5.32 Å². The minimum absolute atomic E-state index is 0.0112. The Morgan fingerprint density at radius 2 is 1.72 bits per heavy atom. The Kier molecular flexibility index (Phi) is 8.30. The standard InChI is InChI=1S/C6H15O2PS2.C4H5NO2/c1-5(2)8-9(7,10)11-6(3)4;6-3-1-2-4(7)5-3/h5-6H,1-4H3,(H,7,10);1-2H2,(H,5,6,7). The first-order valence-corrected chi connectivity index (χ1v) is 9.80. The molecule has 1 rings (SSSR count). The summed E-state index contributed by atoms with van der Waals surface area (Å²) in [6, 6.07) is 0. The lowest BCUT2D eigenvalue weighted by Crippen LogP contribution is -2.18. The first kappa shape index (κ1) is 18.1. The Hall–Kier alpha value is 0.0600. The van der Waals surface area contributed by atoms with Crippen LogP contribution in [0.15, 0.2) is 0 Å². The maximum absolute atomic E-state index is 10.1. The number of hydrogen-bond acceptors (Lipinski definition) is 5. The lowest BCUT2D eigenvalue weighted by Gasteiger charge is -2.18. The van der Waals surface area contributed by atoms with Gasteiger partial charge in [0.25, 0.3) is 0 Å². The molecule has 1 atom stereocenters. The van der Waals surface area contributed by atoms with Crippen LogP contribution in [0.25, 0.3) is 0 Å². The Labute approximate surface area is 117 Å². The van der Waals surface area contributed by atoms with Crippen LogP contribution < -0.4 is 5.32 Å². The monoisotopic (exact) mass is 313 g/mol. The number of carbonyl (C=O) groups excluding carboxylic acids is 2. The molecule has 0 radical (unpaired) electrons. The summed E-state index contributed by atoms with van der Waals surface area (Å²) in [6.07, 6.45) is 0.759. The van der Waals surface area contributed by atoms with Crippen molar-refractivity contribution in [2.75, 3.05) is 0 Å². The molecular weight excluding hydrogens is 293 g/mol. The number of rotatable bonds is 4. The average Bonchev–Trinajstić information content (AvgIpc) is 2.45. The van der Waals surface area contributed by atoms with Gasteiger partial charge in [0.2, 0.25) is 17.5 Å². The lowest BCUT2D eigenvalue weighted by atomic mass is 10.4. The Balaban J connectivity index is 0.000000351. The Morgan fingerprint density at radius 3 is 1.94 bits per heavy atom. The van der Waals surface area contributed by atoms with E-state index in [4.69, 9.17) is 16.3 Å². The highest BCUT2D eigenvalue weighted by molar-refractivity contribution is 8.67. The van der Waals surface area contributed by atoms with Crippen molar-refractivity contribution in [3.8, 4) is 0 Å². The Morgan fingerprint density at radius 1 is 1.28 bits per heavy atom. The minimum Gasteiger partial charge on any atom is -0.337 e. The van der Waals surface area contributed by atoms with E-state index >= 15 is 0 Å². The molecule has 1 aliphatic heterocycles. The van der Waals surface area contributed by atoms with Crippen LogP contribution in [0, 0.1) is 0 Å². The molecule has 8 heteroatoms. The lowest BCUT2D eigenvalue weighted by molar-refractivity contribution is -0.124. The molecule has 0 aromatic rings. The predicted octanol–water partition coefficient (Wildman–Crippen LogP) is 2.19. The van der Waals surface area contributed by atoms with Crippen LogP contribution >= 0.6 is 17.1 Å².